The predicted molar refractivity (Wildman–Crippen MR) is 108 cm³/mol. The highest BCUT2D eigenvalue weighted by atomic mass is 79.9. The first-order valence-corrected chi connectivity index (χ1v) is 10.1. The second-order valence-electron chi connectivity index (χ2n) is 6.67. The van der Waals surface area contributed by atoms with Gasteiger partial charge < -0.3 is 14.8 Å². The highest BCUT2D eigenvalue weighted by molar-refractivity contribution is 9.10. The highest BCUT2D eigenvalue weighted by Crippen LogP contribution is 2.38. The molecule has 2 aromatic carbocycles. The van der Waals surface area contributed by atoms with E-state index in [0.29, 0.717) is 41.7 Å². The highest BCUT2D eigenvalue weighted by Gasteiger charge is 2.51. The number of nitrogens with zero attached hydrogens (tertiary/aromatic N) is 1. The zero-order valence-electron chi connectivity index (χ0n) is 15.1. The number of fused-ring (bicyclic) bond motifs is 1. The SMILES string of the molecule is CC[C@]1(c2ccc(Cl)cc2)NC(=O)N(Cc2cc3c(cc2Br)OCCO3)C1=O. The Labute approximate surface area is 175 Å². The van der Waals surface area contributed by atoms with Gasteiger partial charge in [0.25, 0.3) is 5.91 Å². The van der Waals surface area contributed by atoms with Gasteiger partial charge in [-0.05, 0) is 41.8 Å². The molecule has 6 nitrogen and oxygen atoms in total. The maximum Gasteiger partial charge on any atom is 0.325 e. The molecule has 4 rings (SSSR count). The van der Waals surface area contributed by atoms with Crippen LogP contribution in [0.3, 0.4) is 0 Å². The van der Waals surface area contributed by atoms with Crippen LogP contribution in [0.2, 0.25) is 5.02 Å². The molecule has 2 aromatic rings. The molecule has 28 heavy (non-hydrogen) atoms. The summed E-state index contributed by atoms with van der Waals surface area (Å²) in [5.41, 5.74) is 0.374. The predicted octanol–water partition coefficient (Wildman–Crippen LogP) is 4.23. The molecule has 1 saturated heterocycles. The smallest absolute Gasteiger partial charge is 0.325 e. The topological polar surface area (TPSA) is 67.9 Å². The van der Waals surface area contributed by atoms with Crippen LogP contribution in [-0.4, -0.2) is 30.1 Å². The Morgan fingerprint density at radius 1 is 1.14 bits per heavy atom. The molecule has 0 bridgehead atoms. The zero-order valence-corrected chi connectivity index (χ0v) is 17.5. The van der Waals surface area contributed by atoms with Crippen LogP contribution in [-0.2, 0) is 16.9 Å². The van der Waals surface area contributed by atoms with E-state index in [1.165, 1.54) is 4.90 Å². The number of hydrogen-bond acceptors (Lipinski definition) is 4. The third-order valence-corrected chi connectivity index (χ3v) is 6.07. The summed E-state index contributed by atoms with van der Waals surface area (Å²) in [5, 5.41) is 3.45. The van der Waals surface area contributed by atoms with Crippen molar-refractivity contribution in [1.82, 2.24) is 10.2 Å². The van der Waals surface area contributed by atoms with Gasteiger partial charge in [0.15, 0.2) is 11.5 Å². The molecule has 2 aliphatic rings. The molecular weight excluding hydrogens is 448 g/mol. The molecule has 0 unspecified atom stereocenters. The average Bonchev–Trinajstić information content (AvgIpc) is 2.94. The molecule has 1 atom stereocenters. The number of carbonyl (C=O) groups is 2. The Kier molecular flexibility index (Phi) is 4.97. The van der Waals surface area contributed by atoms with Gasteiger partial charge in [-0.3, -0.25) is 9.69 Å². The lowest BCUT2D eigenvalue weighted by molar-refractivity contribution is -0.132. The summed E-state index contributed by atoms with van der Waals surface area (Å²) in [4.78, 5) is 27.2. The lowest BCUT2D eigenvalue weighted by atomic mass is 9.87. The van der Waals surface area contributed by atoms with Crippen LogP contribution in [0.1, 0.15) is 24.5 Å². The van der Waals surface area contributed by atoms with E-state index in [0.717, 1.165) is 10.0 Å². The minimum absolute atomic E-state index is 0.122. The molecule has 2 heterocycles. The van der Waals surface area contributed by atoms with E-state index < -0.39 is 11.6 Å². The van der Waals surface area contributed by atoms with E-state index in [2.05, 4.69) is 21.2 Å². The van der Waals surface area contributed by atoms with Crippen molar-refractivity contribution in [3.8, 4) is 11.5 Å². The van der Waals surface area contributed by atoms with Crippen molar-refractivity contribution in [1.29, 1.82) is 0 Å². The lowest BCUT2D eigenvalue weighted by Gasteiger charge is -2.26. The number of rotatable bonds is 4. The Morgan fingerprint density at radius 3 is 2.43 bits per heavy atom. The van der Waals surface area contributed by atoms with Crippen LogP contribution in [0.5, 0.6) is 11.5 Å². The summed E-state index contributed by atoms with van der Waals surface area (Å²) in [6.45, 7) is 2.95. The largest absolute Gasteiger partial charge is 0.486 e. The normalized spacial score (nSPS) is 21.0. The maximum atomic E-state index is 13.3. The van der Waals surface area contributed by atoms with Crippen LogP contribution in [0.4, 0.5) is 4.79 Å². The van der Waals surface area contributed by atoms with Crippen molar-refractivity contribution in [2.75, 3.05) is 13.2 Å². The van der Waals surface area contributed by atoms with Crippen molar-refractivity contribution in [2.24, 2.45) is 0 Å². The lowest BCUT2D eigenvalue weighted by Crippen LogP contribution is -2.43. The van der Waals surface area contributed by atoms with E-state index in [9.17, 15) is 9.59 Å². The third-order valence-electron chi connectivity index (χ3n) is 5.08. The van der Waals surface area contributed by atoms with Crippen LogP contribution >= 0.6 is 27.5 Å². The molecular formula is C20H18BrClN2O4. The van der Waals surface area contributed by atoms with E-state index in [1.54, 1.807) is 36.4 Å². The minimum atomic E-state index is -1.10. The summed E-state index contributed by atoms with van der Waals surface area (Å²) in [6.07, 6.45) is 0.429. The van der Waals surface area contributed by atoms with E-state index in [4.69, 9.17) is 21.1 Å². The van der Waals surface area contributed by atoms with Gasteiger partial charge in [0.1, 0.15) is 18.8 Å². The van der Waals surface area contributed by atoms with Gasteiger partial charge in [-0.25, -0.2) is 4.79 Å². The van der Waals surface area contributed by atoms with Gasteiger partial charge >= 0.3 is 6.03 Å². The Balaban J connectivity index is 1.65. The number of hydrogen-bond donors (Lipinski definition) is 1. The molecule has 1 N–H and O–H groups in total. The van der Waals surface area contributed by atoms with Gasteiger partial charge in [-0.1, -0.05) is 46.6 Å². The zero-order chi connectivity index (χ0) is 19.9. The molecule has 0 spiro atoms. The van der Waals surface area contributed by atoms with E-state index >= 15 is 0 Å². The summed E-state index contributed by atoms with van der Waals surface area (Å²) >= 11 is 9.47. The minimum Gasteiger partial charge on any atom is -0.486 e. The maximum absolute atomic E-state index is 13.3. The van der Waals surface area contributed by atoms with E-state index in [-0.39, 0.29) is 12.5 Å². The number of halogens is 2. The molecule has 0 aromatic heterocycles. The fourth-order valence-electron chi connectivity index (χ4n) is 3.54. The van der Waals surface area contributed by atoms with Crippen molar-refractivity contribution in [3.05, 3.63) is 57.0 Å². The van der Waals surface area contributed by atoms with Gasteiger partial charge in [-0.15, -0.1) is 0 Å². The quantitative estimate of drug-likeness (QED) is 0.686. The molecule has 2 aliphatic heterocycles. The first-order chi connectivity index (χ1) is 13.4. The van der Waals surface area contributed by atoms with Gasteiger partial charge in [0.2, 0.25) is 0 Å². The molecule has 1 fully saturated rings. The second-order valence-corrected chi connectivity index (χ2v) is 7.97. The van der Waals surface area contributed by atoms with Crippen molar-refractivity contribution >= 4 is 39.5 Å². The number of ether oxygens (including phenoxy) is 2. The molecule has 0 aliphatic carbocycles. The Bertz CT molecular complexity index is 950. The number of amides is 3. The summed E-state index contributed by atoms with van der Waals surface area (Å²) in [6, 6.07) is 10.1. The van der Waals surface area contributed by atoms with Crippen LogP contribution < -0.4 is 14.8 Å². The van der Waals surface area contributed by atoms with Crippen molar-refractivity contribution in [3.63, 3.8) is 0 Å². The second kappa shape index (κ2) is 7.29. The standard InChI is InChI=1S/C20H18BrClN2O4/c1-2-20(13-3-5-14(22)6-4-13)18(25)24(19(26)23-20)11-12-9-16-17(10-15(12)21)28-8-7-27-16/h3-6,9-10H,2,7-8,11H2,1H3,(H,23,26)/t20-/m1/s1. The van der Waals surface area contributed by atoms with Crippen LogP contribution in [0.15, 0.2) is 40.9 Å². The summed E-state index contributed by atoms with van der Waals surface area (Å²) in [5.74, 6) is 0.961. The number of imide groups is 1. The fraction of sp³-hybridized carbons (Fsp3) is 0.300. The van der Waals surface area contributed by atoms with Gasteiger partial charge in [-0.2, -0.15) is 0 Å². The Morgan fingerprint density at radius 2 is 1.79 bits per heavy atom. The first kappa shape index (κ1) is 19.1. The van der Waals surface area contributed by atoms with Crippen LogP contribution in [0.25, 0.3) is 0 Å². The van der Waals surface area contributed by atoms with E-state index in [1.807, 2.05) is 6.92 Å². The summed E-state index contributed by atoms with van der Waals surface area (Å²) < 4.78 is 11.9. The van der Waals surface area contributed by atoms with Gasteiger partial charge in [0.05, 0.1) is 6.54 Å². The third kappa shape index (κ3) is 3.12. The number of benzene rings is 2. The Hall–Kier alpha value is -2.25. The number of carbonyl (C=O) groups excluding carboxylic acids is 2. The van der Waals surface area contributed by atoms with Crippen LogP contribution in [0, 0.1) is 0 Å². The molecule has 0 saturated carbocycles. The molecule has 0 radical (unpaired) electrons. The van der Waals surface area contributed by atoms with Crippen molar-refractivity contribution in [2.45, 2.75) is 25.4 Å². The average molecular weight is 466 g/mol. The fourth-order valence-corrected chi connectivity index (χ4v) is 4.11. The number of urea groups is 1. The van der Waals surface area contributed by atoms with Gasteiger partial charge in [0, 0.05) is 9.50 Å². The molecule has 8 heteroatoms. The monoisotopic (exact) mass is 464 g/mol. The number of nitrogens with one attached hydrogen (secondary N) is 1. The first-order valence-electron chi connectivity index (χ1n) is 8.93. The molecule has 146 valence electrons. The molecule has 3 amide bonds. The van der Waals surface area contributed by atoms with Crippen molar-refractivity contribution < 1.29 is 19.1 Å². The summed E-state index contributed by atoms with van der Waals surface area (Å²) in [7, 11) is 0.